The fourth-order valence-electron chi connectivity index (χ4n) is 4.51. The van der Waals surface area contributed by atoms with Crippen LogP contribution in [0.4, 0.5) is 5.69 Å². The normalized spacial score (nSPS) is 15.0. The minimum atomic E-state index is -3.80. The van der Waals surface area contributed by atoms with E-state index in [4.69, 9.17) is 11.6 Å². The minimum absolute atomic E-state index is 0.117. The molecule has 2 amide bonds. The van der Waals surface area contributed by atoms with E-state index in [9.17, 15) is 18.0 Å². The van der Waals surface area contributed by atoms with E-state index in [-0.39, 0.29) is 18.5 Å². The monoisotopic (exact) mass is 519 g/mol. The summed E-state index contributed by atoms with van der Waals surface area (Å²) in [5, 5.41) is 3.47. The molecule has 1 N–H and O–H groups in total. The van der Waals surface area contributed by atoms with Crippen molar-refractivity contribution in [1.82, 2.24) is 10.2 Å². The molecule has 0 bridgehead atoms. The minimum Gasteiger partial charge on any atom is -0.352 e. The summed E-state index contributed by atoms with van der Waals surface area (Å²) in [7, 11) is -3.80. The first kappa shape index (κ1) is 27.0. The van der Waals surface area contributed by atoms with Crippen LogP contribution in [0.25, 0.3) is 0 Å². The lowest BCUT2D eigenvalue weighted by Gasteiger charge is -2.33. The molecule has 0 aliphatic heterocycles. The van der Waals surface area contributed by atoms with Gasteiger partial charge in [-0.25, -0.2) is 8.42 Å². The molecule has 9 heteroatoms. The summed E-state index contributed by atoms with van der Waals surface area (Å²) in [6.07, 6.45) is 5.50. The van der Waals surface area contributed by atoms with Gasteiger partial charge < -0.3 is 10.2 Å². The van der Waals surface area contributed by atoms with Crippen molar-refractivity contribution < 1.29 is 18.0 Å². The molecule has 1 unspecified atom stereocenters. The third-order valence-electron chi connectivity index (χ3n) is 6.40. The molecule has 190 valence electrons. The SMILES string of the molecule is CCC(C(=O)NC1CCCC1)N(Cc1ccccc1)C(=O)CN(c1cc(Cl)ccc1C)S(C)(=O)=O. The van der Waals surface area contributed by atoms with Crippen molar-refractivity contribution >= 4 is 39.1 Å². The second-order valence-electron chi connectivity index (χ2n) is 9.12. The van der Waals surface area contributed by atoms with Gasteiger partial charge in [0.1, 0.15) is 12.6 Å². The number of anilines is 1. The fourth-order valence-corrected chi connectivity index (χ4v) is 5.58. The predicted molar refractivity (Wildman–Crippen MR) is 140 cm³/mol. The summed E-state index contributed by atoms with van der Waals surface area (Å²) in [4.78, 5) is 28.5. The number of benzene rings is 2. The first-order chi connectivity index (χ1) is 16.6. The van der Waals surface area contributed by atoms with Crippen molar-refractivity contribution in [3.63, 3.8) is 0 Å². The van der Waals surface area contributed by atoms with Crippen LogP contribution < -0.4 is 9.62 Å². The first-order valence-corrected chi connectivity index (χ1v) is 14.2. The van der Waals surface area contributed by atoms with Crippen molar-refractivity contribution in [1.29, 1.82) is 0 Å². The first-order valence-electron chi connectivity index (χ1n) is 12.0. The zero-order chi connectivity index (χ0) is 25.6. The highest BCUT2D eigenvalue weighted by Gasteiger charge is 2.33. The summed E-state index contributed by atoms with van der Waals surface area (Å²) >= 11 is 6.14. The summed E-state index contributed by atoms with van der Waals surface area (Å²) in [6.45, 7) is 3.39. The van der Waals surface area contributed by atoms with E-state index >= 15 is 0 Å². The second-order valence-corrected chi connectivity index (χ2v) is 11.5. The van der Waals surface area contributed by atoms with Gasteiger partial charge in [-0.2, -0.15) is 0 Å². The summed E-state index contributed by atoms with van der Waals surface area (Å²) in [5.41, 5.74) is 1.88. The van der Waals surface area contributed by atoms with Gasteiger partial charge in [-0.05, 0) is 49.4 Å². The molecule has 0 aromatic heterocycles. The number of nitrogens with zero attached hydrogens (tertiary/aromatic N) is 2. The average Bonchev–Trinajstić information content (AvgIpc) is 3.32. The molecular weight excluding hydrogens is 486 g/mol. The number of carbonyl (C=O) groups is 2. The summed E-state index contributed by atoms with van der Waals surface area (Å²) < 4.78 is 26.6. The Morgan fingerprint density at radius 2 is 1.77 bits per heavy atom. The van der Waals surface area contributed by atoms with Gasteiger partial charge in [-0.15, -0.1) is 0 Å². The number of carbonyl (C=O) groups excluding carboxylic acids is 2. The molecule has 0 saturated heterocycles. The van der Waals surface area contributed by atoms with Gasteiger partial charge in [-0.1, -0.05) is 67.8 Å². The molecule has 3 rings (SSSR count). The Kier molecular flexibility index (Phi) is 9.19. The van der Waals surface area contributed by atoms with Crippen LogP contribution in [-0.4, -0.2) is 50.0 Å². The molecule has 1 fully saturated rings. The number of amides is 2. The molecule has 35 heavy (non-hydrogen) atoms. The van der Waals surface area contributed by atoms with Gasteiger partial charge in [0.2, 0.25) is 21.8 Å². The highest BCUT2D eigenvalue weighted by Crippen LogP contribution is 2.27. The average molecular weight is 520 g/mol. The Labute approximate surface area is 213 Å². The highest BCUT2D eigenvalue weighted by molar-refractivity contribution is 7.92. The van der Waals surface area contributed by atoms with Crippen LogP contribution in [-0.2, 0) is 26.2 Å². The molecule has 0 radical (unpaired) electrons. The van der Waals surface area contributed by atoms with Crippen LogP contribution in [0.2, 0.25) is 5.02 Å². The zero-order valence-corrected chi connectivity index (χ0v) is 22.1. The van der Waals surface area contributed by atoms with Crippen molar-refractivity contribution in [3.8, 4) is 0 Å². The van der Waals surface area contributed by atoms with Gasteiger partial charge in [0.15, 0.2) is 0 Å². The molecule has 1 aliphatic rings. The molecule has 0 heterocycles. The molecular formula is C26H34ClN3O4S. The van der Waals surface area contributed by atoms with E-state index in [2.05, 4.69) is 5.32 Å². The molecule has 2 aromatic rings. The van der Waals surface area contributed by atoms with Crippen LogP contribution in [0.1, 0.15) is 50.2 Å². The smallest absolute Gasteiger partial charge is 0.244 e. The summed E-state index contributed by atoms with van der Waals surface area (Å²) in [6, 6.07) is 13.7. The lowest BCUT2D eigenvalue weighted by molar-refractivity contribution is -0.140. The molecule has 1 aliphatic carbocycles. The zero-order valence-electron chi connectivity index (χ0n) is 20.5. The predicted octanol–water partition coefficient (Wildman–Crippen LogP) is 4.28. The molecule has 7 nitrogen and oxygen atoms in total. The maximum Gasteiger partial charge on any atom is 0.244 e. The van der Waals surface area contributed by atoms with Gasteiger partial charge in [-0.3, -0.25) is 13.9 Å². The van der Waals surface area contributed by atoms with E-state index in [1.807, 2.05) is 37.3 Å². The van der Waals surface area contributed by atoms with Gasteiger partial charge in [0.25, 0.3) is 0 Å². The third-order valence-corrected chi connectivity index (χ3v) is 7.76. The lowest BCUT2D eigenvalue weighted by atomic mass is 10.1. The van der Waals surface area contributed by atoms with E-state index in [0.717, 1.165) is 41.8 Å². The van der Waals surface area contributed by atoms with E-state index in [0.29, 0.717) is 22.7 Å². The number of hydrogen-bond donors (Lipinski definition) is 1. The Morgan fingerprint density at radius 1 is 1.11 bits per heavy atom. The van der Waals surface area contributed by atoms with Crippen LogP contribution in [0, 0.1) is 6.92 Å². The number of halogens is 1. The molecule has 0 spiro atoms. The van der Waals surface area contributed by atoms with Crippen LogP contribution in [0.3, 0.4) is 0 Å². The number of sulfonamides is 1. The Bertz CT molecular complexity index is 1130. The van der Waals surface area contributed by atoms with E-state index in [1.165, 1.54) is 11.0 Å². The van der Waals surface area contributed by atoms with Gasteiger partial charge in [0.05, 0.1) is 11.9 Å². The fraction of sp³-hybridized carbons (Fsp3) is 0.462. The number of aryl methyl sites for hydroxylation is 1. The quantitative estimate of drug-likeness (QED) is 0.507. The van der Waals surface area contributed by atoms with Crippen molar-refractivity contribution in [3.05, 3.63) is 64.7 Å². The molecule has 1 atom stereocenters. The van der Waals surface area contributed by atoms with E-state index < -0.39 is 28.5 Å². The van der Waals surface area contributed by atoms with Crippen LogP contribution in [0.5, 0.6) is 0 Å². The maximum atomic E-state index is 13.7. The lowest BCUT2D eigenvalue weighted by Crippen LogP contribution is -2.53. The van der Waals surface area contributed by atoms with Crippen LogP contribution in [0.15, 0.2) is 48.5 Å². The Hall–Kier alpha value is -2.58. The van der Waals surface area contributed by atoms with Gasteiger partial charge >= 0.3 is 0 Å². The number of rotatable bonds is 10. The maximum absolute atomic E-state index is 13.7. The standard InChI is InChI=1S/C26H34ClN3O4S/c1-4-23(26(32)28-22-12-8-9-13-22)29(17-20-10-6-5-7-11-20)25(31)18-30(35(3,33)34)24-16-21(27)15-14-19(24)2/h5-7,10-11,14-16,22-23H,4,8-9,12-13,17-18H2,1-3H3,(H,28,32). The Balaban J connectivity index is 1.93. The van der Waals surface area contributed by atoms with Gasteiger partial charge in [0, 0.05) is 17.6 Å². The van der Waals surface area contributed by atoms with Crippen molar-refractivity contribution in [2.45, 2.75) is 64.6 Å². The summed E-state index contributed by atoms with van der Waals surface area (Å²) in [5.74, 6) is -0.652. The Morgan fingerprint density at radius 3 is 2.37 bits per heavy atom. The topological polar surface area (TPSA) is 86.8 Å². The second kappa shape index (κ2) is 11.9. The van der Waals surface area contributed by atoms with Crippen LogP contribution >= 0.6 is 11.6 Å². The highest BCUT2D eigenvalue weighted by atomic mass is 35.5. The largest absolute Gasteiger partial charge is 0.352 e. The number of nitrogens with one attached hydrogen (secondary N) is 1. The van der Waals surface area contributed by atoms with Crippen molar-refractivity contribution in [2.75, 3.05) is 17.1 Å². The molecule has 1 saturated carbocycles. The van der Waals surface area contributed by atoms with Crippen molar-refractivity contribution in [2.24, 2.45) is 0 Å². The third kappa shape index (κ3) is 7.21. The molecule has 2 aromatic carbocycles. The van der Waals surface area contributed by atoms with E-state index in [1.54, 1.807) is 19.1 Å². The number of hydrogen-bond acceptors (Lipinski definition) is 4.